The molecule has 4 aliphatic rings. The first-order chi connectivity index (χ1) is 18.1. The molecular formula is C37H67N. The molecular weight excluding hydrogens is 458 g/mol. The summed E-state index contributed by atoms with van der Waals surface area (Å²) in [6.07, 6.45) is 23.1. The van der Waals surface area contributed by atoms with Crippen molar-refractivity contribution in [3.63, 3.8) is 0 Å². The van der Waals surface area contributed by atoms with Gasteiger partial charge in [-0.1, -0.05) is 60.1 Å². The van der Waals surface area contributed by atoms with E-state index >= 15 is 0 Å². The van der Waals surface area contributed by atoms with Crippen molar-refractivity contribution in [2.75, 3.05) is 6.54 Å². The van der Waals surface area contributed by atoms with E-state index in [4.69, 9.17) is 5.73 Å². The molecule has 1 heteroatoms. The second-order valence-electron chi connectivity index (χ2n) is 16.2. The highest BCUT2D eigenvalue weighted by molar-refractivity contribution is 5.12. The van der Waals surface area contributed by atoms with Gasteiger partial charge < -0.3 is 5.73 Å². The van der Waals surface area contributed by atoms with E-state index in [0.717, 1.165) is 83.5 Å². The molecule has 0 radical (unpaired) electrons. The minimum absolute atomic E-state index is 0.779. The monoisotopic (exact) mass is 526 g/mol. The van der Waals surface area contributed by atoms with Crippen LogP contribution in [0, 0.1) is 76.9 Å². The Hall–Kier alpha value is -0.300. The van der Waals surface area contributed by atoms with Crippen LogP contribution in [0.3, 0.4) is 0 Å². The summed E-state index contributed by atoms with van der Waals surface area (Å²) in [5.74, 6) is 11.7. The Labute approximate surface area is 239 Å². The summed E-state index contributed by atoms with van der Waals surface area (Å²) in [5.41, 5.74) is 7.99. The Morgan fingerprint density at radius 3 is 2.11 bits per heavy atom. The highest BCUT2D eigenvalue weighted by Gasteiger charge is 2.38. The lowest BCUT2D eigenvalue weighted by Gasteiger charge is -2.41. The van der Waals surface area contributed by atoms with E-state index in [1.807, 2.05) is 5.57 Å². The highest BCUT2D eigenvalue weighted by Crippen LogP contribution is 2.49. The van der Waals surface area contributed by atoms with Gasteiger partial charge in [-0.3, -0.25) is 0 Å². The van der Waals surface area contributed by atoms with Crippen molar-refractivity contribution >= 4 is 0 Å². The zero-order chi connectivity index (χ0) is 27.4. The highest BCUT2D eigenvalue weighted by atomic mass is 14.6. The maximum atomic E-state index is 6.10. The minimum atomic E-state index is 0.779. The van der Waals surface area contributed by atoms with Crippen LogP contribution in [0.5, 0.6) is 0 Å². The van der Waals surface area contributed by atoms with Crippen LogP contribution in [0.2, 0.25) is 0 Å². The van der Waals surface area contributed by atoms with E-state index < -0.39 is 0 Å². The van der Waals surface area contributed by atoms with Crippen LogP contribution in [-0.4, -0.2) is 6.54 Å². The Morgan fingerprint density at radius 1 is 0.711 bits per heavy atom. The molecule has 38 heavy (non-hydrogen) atoms. The zero-order valence-corrected chi connectivity index (χ0v) is 26.8. The molecule has 0 saturated heterocycles. The summed E-state index contributed by atoms with van der Waals surface area (Å²) in [6, 6.07) is 0. The number of hydrogen-bond acceptors (Lipinski definition) is 1. The third-order valence-corrected chi connectivity index (χ3v) is 12.8. The zero-order valence-electron chi connectivity index (χ0n) is 26.8. The molecule has 4 aliphatic carbocycles. The fourth-order valence-electron chi connectivity index (χ4n) is 10.5. The summed E-state index contributed by atoms with van der Waals surface area (Å²) in [7, 11) is 0. The van der Waals surface area contributed by atoms with Crippen molar-refractivity contribution in [2.24, 2.45) is 82.7 Å². The van der Waals surface area contributed by atoms with E-state index in [9.17, 15) is 0 Å². The van der Waals surface area contributed by atoms with Crippen LogP contribution in [0.15, 0.2) is 11.6 Å². The molecule has 12 unspecified atom stereocenters. The Morgan fingerprint density at radius 2 is 1.39 bits per heavy atom. The first-order valence-corrected chi connectivity index (χ1v) is 17.5. The molecule has 0 aromatic carbocycles. The molecule has 0 heterocycles. The van der Waals surface area contributed by atoms with E-state index in [-0.39, 0.29) is 0 Å². The topological polar surface area (TPSA) is 26.0 Å². The predicted molar refractivity (Wildman–Crippen MR) is 167 cm³/mol. The van der Waals surface area contributed by atoms with Gasteiger partial charge in [-0.25, -0.2) is 0 Å². The van der Waals surface area contributed by atoms with E-state index in [2.05, 4.69) is 54.5 Å². The van der Waals surface area contributed by atoms with Gasteiger partial charge in [0, 0.05) is 0 Å². The molecule has 220 valence electrons. The molecule has 2 N–H and O–H groups in total. The quantitative estimate of drug-likeness (QED) is 0.271. The van der Waals surface area contributed by atoms with Gasteiger partial charge in [-0.2, -0.15) is 0 Å². The lowest BCUT2D eigenvalue weighted by Crippen LogP contribution is -2.32. The van der Waals surface area contributed by atoms with Gasteiger partial charge >= 0.3 is 0 Å². The second-order valence-corrected chi connectivity index (χ2v) is 16.2. The summed E-state index contributed by atoms with van der Waals surface area (Å²) < 4.78 is 0. The van der Waals surface area contributed by atoms with E-state index in [0.29, 0.717) is 0 Å². The fourth-order valence-corrected chi connectivity index (χ4v) is 10.5. The number of hydrogen-bond donors (Lipinski definition) is 1. The summed E-state index contributed by atoms with van der Waals surface area (Å²) >= 11 is 0. The fraction of sp³-hybridized carbons (Fsp3) is 0.946. The molecule has 0 bridgehead atoms. The smallest absolute Gasteiger partial charge is 0.00488 e. The average Bonchev–Trinajstić information content (AvgIpc) is 3.29. The first kappa shape index (κ1) is 30.7. The van der Waals surface area contributed by atoms with Crippen LogP contribution in [0.1, 0.15) is 138 Å². The minimum Gasteiger partial charge on any atom is -0.330 e. The molecule has 0 spiro atoms. The van der Waals surface area contributed by atoms with Crippen LogP contribution >= 0.6 is 0 Å². The molecule has 0 aliphatic heterocycles. The molecule has 3 fully saturated rings. The second kappa shape index (κ2) is 14.0. The molecule has 0 aromatic heterocycles. The lowest BCUT2D eigenvalue weighted by atomic mass is 9.64. The van der Waals surface area contributed by atoms with Gasteiger partial charge in [-0.15, -0.1) is 0 Å². The van der Waals surface area contributed by atoms with Crippen molar-refractivity contribution in [1.29, 1.82) is 0 Å². The maximum absolute atomic E-state index is 6.10. The van der Waals surface area contributed by atoms with Crippen molar-refractivity contribution < 1.29 is 0 Å². The van der Waals surface area contributed by atoms with Crippen molar-refractivity contribution in [3.8, 4) is 0 Å². The average molecular weight is 526 g/mol. The van der Waals surface area contributed by atoms with Gasteiger partial charge in [0.05, 0.1) is 0 Å². The molecule has 1 nitrogen and oxygen atoms in total. The number of allylic oxidation sites excluding steroid dienone is 2. The van der Waals surface area contributed by atoms with Crippen molar-refractivity contribution in [1.82, 2.24) is 0 Å². The van der Waals surface area contributed by atoms with Crippen molar-refractivity contribution in [3.05, 3.63) is 11.6 Å². The van der Waals surface area contributed by atoms with Crippen molar-refractivity contribution in [2.45, 2.75) is 138 Å². The number of rotatable bonds is 6. The van der Waals surface area contributed by atoms with Gasteiger partial charge in [0.15, 0.2) is 0 Å². The summed E-state index contributed by atoms with van der Waals surface area (Å²) in [5, 5.41) is 0. The first-order valence-electron chi connectivity index (χ1n) is 17.5. The van der Waals surface area contributed by atoms with Gasteiger partial charge in [-0.05, 0) is 173 Å². The SMILES string of the molecule is CC1C=C(C2CCC(C(C)C3CCC(CN)CC(C)C3)C(C)C2)CCC(C2CCC(C(C)C)CC(C)C2)C1. The molecule has 0 aromatic rings. The molecule has 4 rings (SSSR count). The lowest BCUT2D eigenvalue weighted by molar-refractivity contribution is 0.104. The van der Waals surface area contributed by atoms with Gasteiger partial charge in [0.25, 0.3) is 0 Å². The summed E-state index contributed by atoms with van der Waals surface area (Å²) in [4.78, 5) is 0. The van der Waals surface area contributed by atoms with E-state index in [1.54, 1.807) is 0 Å². The van der Waals surface area contributed by atoms with Crippen LogP contribution < -0.4 is 5.73 Å². The molecule has 3 saturated carbocycles. The molecule has 12 atom stereocenters. The van der Waals surface area contributed by atoms with Gasteiger partial charge in [0.1, 0.15) is 0 Å². The van der Waals surface area contributed by atoms with Crippen LogP contribution in [0.4, 0.5) is 0 Å². The summed E-state index contributed by atoms with van der Waals surface area (Å²) in [6.45, 7) is 18.7. The Kier molecular flexibility index (Phi) is 11.3. The Bertz CT molecular complexity index is 737. The van der Waals surface area contributed by atoms with Crippen LogP contribution in [0.25, 0.3) is 0 Å². The van der Waals surface area contributed by atoms with E-state index in [1.165, 1.54) is 89.9 Å². The predicted octanol–water partition coefficient (Wildman–Crippen LogP) is 10.5. The molecule has 0 amide bonds. The largest absolute Gasteiger partial charge is 0.330 e. The normalized spacial score (nSPS) is 44.6. The van der Waals surface area contributed by atoms with Gasteiger partial charge in [0.2, 0.25) is 0 Å². The standard InChI is InChI=1S/C37H67N/c1-24(2)31-10-11-33(19-26(4)17-31)34-12-13-35(21-27(5)20-34)36-14-15-37(28(6)22-36)29(7)32-9-8-30(23-38)16-25(3)18-32/h21,24-34,36-37H,8-20,22-23,38H2,1-7H3. The third-order valence-electron chi connectivity index (χ3n) is 12.8. The maximum Gasteiger partial charge on any atom is -0.00488 e. The Balaban J connectivity index is 1.32. The number of nitrogens with two attached hydrogens (primary N) is 1. The third kappa shape index (κ3) is 7.91. The van der Waals surface area contributed by atoms with Crippen LogP contribution in [-0.2, 0) is 0 Å².